The summed E-state index contributed by atoms with van der Waals surface area (Å²) in [5.74, 6) is 1.64. The van der Waals surface area contributed by atoms with E-state index < -0.39 is 0 Å². The second kappa shape index (κ2) is 5.50. The Morgan fingerprint density at radius 1 is 1.33 bits per heavy atom. The van der Waals surface area contributed by atoms with Gasteiger partial charge < -0.3 is 10.2 Å². The van der Waals surface area contributed by atoms with Crippen LogP contribution in [0.1, 0.15) is 33.1 Å². The highest BCUT2D eigenvalue weighted by atomic mass is 16.2. The maximum atomic E-state index is 11.4. The molecule has 0 heterocycles. The fourth-order valence-electron chi connectivity index (χ4n) is 2.25. The molecule has 1 saturated carbocycles. The van der Waals surface area contributed by atoms with E-state index in [9.17, 15) is 4.79 Å². The molecular formula is C12H24N2O. The van der Waals surface area contributed by atoms with Crippen LogP contribution in [-0.2, 0) is 4.79 Å². The smallest absolute Gasteiger partial charge is 0.236 e. The summed E-state index contributed by atoms with van der Waals surface area (Å²) in [5.41, 5.74) is 0. The van der Waals surface area contributed by atoms with E-state index in [1.807, 2.05) is 0 Å². The van der Waals surface area contributed by atoms with Crippen LogP contribution in [-0.4, -0.2) is 37.5 Å². The number of nitrogens with one attached hydrogen (secondary N) is 1. The number of hydrogen-bond donors (Lipinski definition) is 1. The van der Waals surface area contributed by atoms with Gasteiger partial charge in [-0.15, -0.1) is 0 Å². The van der Waals surface area contributed by atoms with Gasteiger partial charge in [-0.2, -0.15) is 0 Å². The Hall–Kier alpha value is -0.570. The molecule has 3 unspecified atom stereocenters. The van der Waals surface area contributed by atoms with E-state index in [2.05, 4.69) is 19.2 Å². The van der Waals surface area contributed by atoms with Crippen molar-refractivity contribution >= 4 is 5.91 Å². The van der Waals surface area contributed by atoms with Gasteiger partial charge >= 0.3 is 0 Å². The summed E-state index contributed by atoms with van der Waals surface area (Å²) in [6.45, 7) is 5.09. The number of nitrogens with zero attached hydrogens (tertiary/aromatic N) is 1. The molecule has 1 aliphatic carbocycles. The molecule has 1 N–H and O–H groups in total. The van der Waals surface area contributed by atoms with Crippen molar-refractivity contribution < 1.29 is 4.79 Å². The summed E-state index contributed by atoms with van der Waals surface area (Å²) in [5, 5.41) is 3.39. The normalized spacial score (nSPS) is 31.3. The van der Waals surface area contributed by atoms with Crippen LogP contribution in [0.15, 0.2) is 0 Å². The molecule has 1 fully saturated rings. The van der Waals surface area contributed by atoms with Gasteiger partial charge in [0.1, 0.15) is 0 Å². The molecule has 0 aliphatic heterocycles. The van der Waals surface area contributed by atoms with E-state index in [1.165, 1.54) is 19.3 Å². The number of carbonyl (C=O) groups excluding carboxylic acids is 1. The number of carbonyl (C=O) groups is 1. The molecule has 3 atom stereocenters. The van der Waals surface area contributed by atoms with E-state index >= 15 is 0 Å². The van der Waals surface area contributed by atoms with Crippen molar-refractivity contribution in [3.05, 3.63) is 0 Å². The molecule has 3 heteroatoms. The molecule has 3 nitrogen and oxygen atoms in total. The lowest BCUT2D eigenvalue weighted by Gasteiger charge is -2.34. The Balaban J connectivity index is 2.34. The molecule has 0 bridgehead atoms. The van der Waals surface area contributed by atoms with E-state index in [-0.39, 0.29) is 5.91 Å². The minimum absolute atomic E-state index is 0.167. The zero-order valence-corrected chi connectivity index (χ0v) is 10.4. The number of amides is 1. The molecule has 1 amide bonds. The molecule has 88 valence electrons. The summed E-state index contributed by atoms with van der Waals surface area (Å²) in [6, 6.07) is 0.526. The van der Waals surface area contributed by atoms with Crippen LogP contribution in [0.2, 0.25) is 0 Å². The highest BCUT2D eigenvalue weighted by Crippen LogP contribution is 2.29. The van der Waals surface area contributed by atoms with E-state index in [0.717, 1.165) is 5.92 Å². The van der Waals surface area contributed by atoms with Crippen molar-refractivity contribution in [3.8, 4) is 0 Å². The Kier molecular flexibility index (Phi) is 4.58. The van der Waals surface area contributed by atoms with Crippen LogP contribution in [0.5, 0.6) is 0 Å². The number of likely N-dealkylation sites (N-methyl/N-ethyl adjacent to an activating group) is 1. The third-order valence-corrected chi connectivity index (χ3v) is 3.72. The van der Waals surface area contributed by atoms with Crippen LogP contribution in [0.25, 0.3) is 0 Å². The highest BCUT2D eigenvalue weighted by molar-refractivity contribution is 5.77. The van der Waals surface area contributed by atoms with E-state index in [0.29, 0.717) is 18.5 Å². The summed E-state index contributed by atoms with van der Waals surface area (Å²) in [4.78, 5) is 13.1. The average molecular weight is 212 g/mol. The van der Waals surface area contributed by atoms with Crippen molar-refractivity contribution in [1.29, 1.82) is 0 Å². The number of hydrogen-bond acceptors (Lipinski definition) is 2. The Morgan fingerprint density at radius 2 is 2.00 bits per heavy atom. The molecule has 1 rings (SSSR count). The first kappa shape index (κ1) is 12.5. The molecule has 0 aromatic carbocycles. The average Bonchev–Trinajstić information content (AvgIpc) is 2.19. The predicted molar refractivity (Wildman–Crippen MR) is 62.7 cm³/mol. The van der Waals surface area contributed by atoms with Crippen molar-refractivity contribution in [1.82, 2.24) is 10.2 Å². The predicted octanol–water partition coefficient (Wildman–Crippen LogP) is 1.49. The van der Waals surface area contributed by atoms with Crippen LogP contribution in [0, 0.1) is 11.8 Å². The first-order valence-corrected chi connectivity index (χ1v) is 5.96. The lowest BCUT2D eigenvalue weighted by molar-refractivity contribution is -0.128. The minimum Gasteiger partial charge on any atom is -0.348 e. The van der Waals surface area contributed by atoms with E-state index in [4.69, 9.17) is 0 Å². The lowest BCUT2D eigenvalue weighted by Crippen LogP contribution is -2.44. The zero-order valence-electron chi connectivity index (χ0n) is 10.4. The summed E-state index contributed by atoms with van der Waals surface area (Å²) >= 11 is 0. The molecule has 1 aliphatic rings. The van der Waals surface area contributed by atoms with Crippen molar-refractivity contribution in [2.24, 2.45) is 11.8 Å². The SMILES string of the molecule is CC1CCCC(NCC(=O)N(C)C)C1C. The standard InChI is InChI=1S/C12H24N2O/c1-9-6-5-7-11(10(9)2)13-8-12(15)14(3)4/h9-11,13H,5-8H2,1-4H3. The van der Waals surface area contributed by atoms with Crippen LogP contribution in [0.4, 0.5) is 0 Å². The topological polar surface area (TPSA) is 32.3 Å². The van der Waals surface area contributed by atoms with Crippen molar-refractivity contribution in [2.75, 3.05) is 20.6 Å². The van der Waals surface area contributed by atoms with Gasteiger partial charge in [0.15, 0.2) is 0 Å². The first-order valence-electron chi connectivity index (χ1n) is 5.96. The maximum absolute atomic E-state index is 11.4. The minimum atomic E-state index is 0.167. The Labute approximate surface area is 93.2 Å². The summed E-state index contributed by atoms with van der Waals surface area (Å²) < 4.78 is 0. The molecule has 0 aromatic heterocycles. The fourth-order valence-corrected chi connectivity index (χ4v) is 2.25. The third kappa shape index (κ3) is 3.49. The third-order valence-electron chi connectivity index (χ3n) is 3.72. The second-order valence-electron chi connectivity index (χ2n) is 5.04. The van der Waals surface area contributed by atoms with Crippen molar-refractivity contribution in [2.45, 2.75) is 39.2 Å². The van der Waals surface area contributed by atoms with Gasteiger partial charge in [0, 0.05) is 20.1 Å². The molecule has 0 aromatic rings. The Morgan fingerprint density at radius 3 is 2.60 bits per heavy atom. The summed E-state index contributed by atoms with van der Waals surface area (Å²) in [6.07, 6.45) is 3.84. The van der Waals surface area contributed by atoms with E-state index in [1.54, 1.807) is 19.0 Å². The number of rotatable bonds is 3. The van der Waals surface area contributed by atoms with Gasteiger partial charge in [-0.1, -0.05) is 26.7 Å². The molecular weight excluding hydrogens is 188 g/mol. The monoisotopic (exact) mass is 212 g/mol. The van der Waals surface area contributed by atoms with Crippen LogP contribution >= 0.6 is 0 Å². The quantitative estimate of drug-likeness (QED) is 0.768. The lowest BCUT2D eigenvalue weighted by atomic mass is 9.78. The van der Waals surface area contributed by atoms with Gasteiger partial charge in [0.05, 0.1) is 6.54 Å². The van der Waals surface area contributed by atoms with Gasteiger partial charge in [-0.3, -0.25) is 4.79 Å². The molecule has 0 spiro atoms. The maximum Gasteiger partial charge on any atom is 0.236 e. The molecule has 0 radical (unpaired) electrons. The summed E-state index contributed by atoms with van der Waals surface area (Å²) in [7, 11) is 3.61. The zero-order chi connectivity index (χ0) is 11.4. The van der Waals surface area contributed by atoms with Gasteiger partial charge in [0.25, 0.3) is 0 Å². The Bertz CT molecular complexity index is 216. The molecule has 0 saturated heterocycles. The largest absolute Gasteiger partial charge is 0.348 e. The first-order chi connectivity index (χ1) is 7.02. The second-order valence-corrected chi connectivity index (χ2v) is 5.04. The van der Waals surface area contributed by atoms with Crippen molar-refractivity contribution in [3.63, 3.8) is 0 Å². The van der Waals surface area contributed by atoms with Crippen LogP contribution < -0.4 is 5.32 Å². The van der Waals surface area contributed by atoms with Crippen LogP contribution in [0.3, 0.4) is 0 Å². The fraction of sp³-hybridized carbons (Fsp3) is 0.917. The van der Waals surface area contributed by atoms with Gasteiger partial charge in [-0.05, 0) is 18.3 Å². The highest BCUT2D eigenvalue weighted by Gasteiger charge is 2.26. The molecule has 15 heavy (non-hydrogen) atoms. The van der Waals surface area contributed by atoms with Gasteiger partial charge in [0.2, 0.25) is 5.91 Å². The van der Waals surface area contributed by atoms with Gasteiger partial charge in [-0.25, -0.2) is 0 Å².